The highest BCUT2D eigenvalue weighted by Gasteiger charge is 2.03. The van der Waals surface area contributed by atoms with Crippen LogP contribution in [-0.4, -0.2) is 18.3 Å². The summed E-state index contributed by atoms with van der Waals surface area (Å²) in [5.74, 6) is 0. The Hall–Kier alpha value is -2.66. The van der Waals surface area contributed by atoms with Crippen LogP contribution < -0.4 is 22.5 Å². The van der Waals surface area contributed by atoms with Crippen LogP contribution >= 0.6 is 0 Å². The van der Waals surface area contributed by atoms with Gasteiger partial charge in [-0.2, -0.15) is 0 Å². The lowest BCUT2D eigenvalue weighted by Crippen LogP contribution is -2.02. The summed E-state index contributed by atoms with van der Waals surface area (Å²) in [6.45, 7) is 0.712. The maximum atomic E-state index is 8.98. The summed E-state index contributed by atoms with van der Waals surface area (Å²) in [6.07, 6.45) is 4.41. The number of hydrogen-bond donors (Lipinski definition) is 5. The van der Waals surface area contributed by atoms with Gasteiger partial charge in [-0.25, -0.2) is 0 Å². The molecule has 22 heavy (non-hydrogen) atoms. The fourth-order valence-corrected chi connectivity index (χ4v) is 2.19. The van der Waals surface area contributed by atoms with E-state index in [1.165, 1.54) is 0 Å². The van der Waals surface area contributed by atoms with Gasteiger partial charge >= 0.3 is 0 Å². The SMILES string of the molecule is Nc1cccc(NCC=Cc2cc(N)c(CCO)cc2N)c1. The van der Waals surface area contributed by atoms with Crippen molar-refractivity contribution < 1.29 is 5.11 Å². The van der Waals surface area contributed by atoms with Crippen molar-refractivity contribution in [3.63, 3.8) is 0 Å². The van der Waals surface area contributed by atoms with Gasteiger partial charge in [-0.1, -0.05) is 18.2 Å². The van der Waals surface area contributed by atoms with Crippen LogP contribution in [0.15, 0.2) is 42.5 Å². The highest BCUT2D eigenvalue weighted by Crippen LogP contribution is 2.22. The van der Waals surface area contributed by atoms with Crippen LogP contribution in [0.1, 0.15) is 11.1 Å². The molecule has 0 aliphatic heterocycles. The third kappa shape index (κ3) is 4.17. The highest BCUT2D eigenvalue weighted by atomic mass is 16.2. The number of rotatable bonds is 6. The molecule has 0 saturated carbocycles. The van der Waals surface area contributed by atoms with Crippen molar-refractivity contribution in [1.82, 2.24) is 0 Å². The average Bonchev–Trinajstić information content (AvgIpc) is 2.48. The van der Waals surface area contributed by atoms with Gasteiger partial charge < -0.3 is 27.6 Å². The minimum atomic E-state index is 0.0585. The largest absolute Gasteiger partial charge is 0.399 e. The molecule has 0 aromatic heterocycles. The Kier molecular flexibility index (Phi) is 5.27. The molecule has 0 heterocycles. The van der Waals surface area contributed by atoms with Crippen LogP contribution in [-0.2, 0) is 6.42 Å². The molecule has 0 aliphatic rings. The second-order valence-electron chi connectivity index (χ2n) is 5.06. The number of nitrogens with one attached hydrogen (secondary N) is 1. The molecule has 8 N–H and O–H groups in total. The van der Waals surface area contributed by atoms with Gasteiger partial charge in [-0.15, -0.1) is 0 Å². The molecule has 0 fully saturated rings. The van der Waals surface area contributed by atoms with Crippen LogP contribution in [0.25, 0.3) is 6.08 Å². The third-order valence-corrected chi connectivity index (χ3v) is 3.33. The molecular weight excluding hydrogens is 276 g/mol. The Morgan fingerprint density at radius 3 is 2.59 bits per heavy atom. The molecule has 116 valence electrons. The van der Waals surface area contributed by atoms with Gasteiger partial charge in [-0.3, -0.25) is 0 Å². The molecule has 2 aromatic rings. The molecule has 2 aromatic carbocycles. The van der Waals surface area contributed by atoms with E-state index in [0.29, 0.717) is 24.3 Å². The molecule has 0 spiro atoms. The zero-order valence-electron chi connectivity index (χ0n) is 12.4. The lowest BCUT2D eigenvalue weighted by Gasteiger charge is -2.09. The lowest BCUT2D eigenvalue weighted by molar-refractivity contribution is 0.300. The number of benzene rings is 2. The summed E-state index contributed by atoms with van der Waals surface area (Å²) in [4.78, 5) is 0. The Morgan fingerprint density at radius 2 is 1.86 bits per heavy atom. The fraction of sp³-hybridized carbons (Fsp3) is 0.176. The summed E-state index contributed by atoms with van der Waals surface area (Å²) in [5, 5.41) is 12.2. The molecule has 0 amide bonds. The first-order chi connectivity index (χ1) is 10.6. The molecular formula is C17H22N4O. The molecule has 0 aliphatic carbocycles. The van der Waals surface area contributed by atoms with E-state index >= 15 is 0 Å². The maximum Gasteiger partial charge on any atom is 0.0472 e. The summed E-state index contributed by atoms with van der Waals surface area (Å²) >= 11 is 0. The van der Waals surface area contributed by atoms with Crippen molar-refractivity contribution in [1.29, 1.82) is 0 Å². The van der Waals surface area contributed by atoms with E-state index in [-0.39, 0.29) is 6.61 Å². The standard InChI is InChI=1S/C17H22N4O/c18-14-4-1-5-15(11-14)21-7-2-3-12-9-17(20)13(6-8-22)10-16(12)19/h1-5,9-11,21-22H,6-8,18-20H2. The maximum absolute atomic E-state index is 8.98. The second kappa shape index (κ2) is 7.38. The molecule has 0 radical (unpaired) electrons. The summed E-state index contributed by atoms with van der Waals surface area (Å²) in [7, 11) is 0. The second-order valence-corrected chi connectivity index (χ2v) is 5.06. The quantitative estimate of drug-likeness (QED) is 0.524. The molecule has 0 saturated heterocycles. The molecule has 0 bridgehead atoms. The molecule has 2 rings (SSSR count). The molecule has 5 nitrogen and oxygen atoms in total. The molecule has 0 unspecified atom stereocenters. The minimum absolute atomic E-state index is 0.0585. The van der Waals surface area contributed by atoms with Gasteiger partial charge in [0.25, 0.3) is 0 Å². The summed E-state index contributed by atoms with van der Waals surface area (Å²) < 4.78 is 0. The van der Waals surface area contributed by atoms with E-state index in [1.54, 1.807) is 0 Å². The van der Waals surface area contributed by atoms with Crippen molar-refractivity contribution >= 4 is 28.8 Å². The van der Waals surface area contributed by atoms with Crippen molar-refractivity contribution in [2.24, 2.45) is 0 Å². The monoisotopic (exact) mass is 298 g/mol. The van der Waals surface area contributed by atoms with Crippen molar-refractivity contribution in [3.8, 4) is 0 Å². The number of hydrogen-bond acceptors (Lipinski definition) is 5. The summed E-state index contributed by atoms with van der Waals surface area (Å²) in [5.41, 5.74) is 22.4. The van der Waals surface area contributed by atoms with Gasteiger partial charge in [0.2, 0.25) is 0 Å². The van der Waals surface area contributed by atoms with Crippen LogP contribution in [0.2, 0.25) is 0 Å². The Labute approximate surface area is 130 Å². The number of nitrogens with two attached hydrogens (primary N) is 3. The van der Waals surface area contributed by atoms with Crippen molar-refractivity contribution in [3.05, 3.63) is 53.6 Å². The van der Waals surface area contributed by atoms with Crippen molar-refractivity contribution in [2.75, 3.05) is 35.7 Å². The van der Waals surface area contributed by atoms with Crippen LogP contribution in [0, 0.1) is 0 Å². The Morgan fingerprint density at radius 1 is 1.05 bits per heavy atom. The predicted octanol–water partition coefficient (Wildman–Crippen LogP) is 2.09. The van der Waals surface area contributed by atoms with Gasteiger partial charge in [0.1, 0.15) is 0 Å². The molecule has 5 heteroatoms. The highest BCUT2D eigenvalue weighted by molar-refractivity contribution is 5.71. The average molecular weight is 298 g/mol. The number of aliphatic hydroxyl groups is 1. The van der Waals surface area contributed by atoms with E-state index in [0.717, 1.165) is 22.5 Å². The molecule has 0 atom stereocenters. The normalized spacial score (nSPS) is 11.0. The first kappa shape index (κ1) is 15.7. The van der Waals surface area contributed by atoms with Crippen molar-refractivity contribution in [2.45, 2.75) is 6.42 Å². The van der Waals surface area contributed by atoms with Crippen LogP contribution in [0.3, 0.4) is 0 Å². The van der Waals surface area contributed by atoms with Gasteiger partial charge in [0.05, 0.1) is 0 Å². The lowest BCUT2D eigenvalue weighted by atomic mass is 10.0. The van der Waals surface area contributed by atoms with E-state index in [9.17, 15) is 0 Å². The smallest absolute Gasteiger partial charge is 0.0472 e. The first-order valence-electron chi connectivity index (χ1n) is 7.15. The number of nitrogen functional groups attached to an aromatic ring is 3. The predicted molar refractivity (Wildman–Crippen MR) is 94.4 cm³/mol. The summed E-state index contributed by atoms with van der Waals surface area (Å²) in [6, 6.07) is 11.2. The minimum Gasteiger partial charge on any atom is -0.399 e. The van der Waals surface area contributed by atoms with E-state index in [1.807, 2.05) is 48.6 Å². The third-order valence-electron chi connectivity index (χ3n) is 3.33. The van der Waals surface area contributed by atoms with E-state index in [4.69, 9.17) is 22.3 Å². The topological polar surface area (TPSA) is 110 Å². The fourth-order valence-electron chi connectivity index (χ4n) is 2.19. The van der Waals surface area contributed by atoms with Crippen LogP contribution in [0.4, 0.5) is 22.7 Å². The van der Waals surface area contributed by atoms with E-state index < -0.39 is 0 Å². The zero-order valence-corrected chi connectivity index (χ0v) is 12.4. The first-order valence-corrected chi connectivity index (χ1v) is 7.15. The number of anilines is 4. The van der Waals surface area contributed by atoms with Gasteiger partial charge in [0, 0.05) is 35.9 Å². The van der Waals surface area contributed by atoms with Crippen LogP contribution in [0.5, 0.6) is 0 Å². The van der Waals surface area contributed by atoms with Gasteiger partial charge in [0.15, 0.2) is 0 Å². The Bertz CT molecular complexity index is 668. The van der Waals surface area contributed by atoms with Gasteiger partial charge in [-0.05, 0) is 47.9 Å². The zero-order chi connectivity index (χ0) is 15.9. The Balaban J connectivity index is 1.99. The van der Waals surface area contributed by atoms with E-state index in [2.05, 4.69) is 5.32 Å². The number of aliphatic hydroxyl groups excluding tert-OH is 1.